The van der Waals surface area contributed by atoms with Crippen LogP contribution in [-0.2, 0) is 14.8 Å². The zero-order valence-electron chi connectivity index (χ0n) is 16.6. The first kappa shape index (κ1) is 21.5. The van der Waals surface area contributed by atoms with Gasteiger partial charge in [0.05, 0.1) is 9.82 Å². The Bertz CT molecular complexity index is 859. The van der Waals surface area contributed by atoms with E-state index in [1.54, 1.807) is 11.8 Å². The summed E-state index contributed by atoms with van der Waals surface area (Å²) in [7, 11) is -3.78. The molecule has 29 heavy (non-hydrogen) atoms. The fraction of sp³-hybridized carbons (Fsp3) is 0.632. The van der Waals surface area contributed by atoms with Crippen LogP contribution in [-0.4, -0.2) is 60.7 Å². The molecule has 160 valence electrons. The Morgan fingerprint density at radius 3 is 2.24 bits per heavy atom. The molecule has 10 heteroatoms. The summed E-state index contributed by atoms with van der Waals surface area (Å²) in [6.07, 6.45) is 4.68. The average Bonchev–Trinajstić information content (AvgIpc) is 3.11. The van der Waals surface area contributed by atoms with E-state index >= 15 is 0 Å². The van der Waals surface area contributed by atoms with Gasteiger partial charge in [-0.25, -0.2) is 8.42 Å². The highest BCUT2D eigenvalue weighted by Crippen LogP contribution is 2.32. The van der Waals surface area contributed by atoms with Crippen LogP contribution in [0.25, 0.3) is 0 Å². The minimum Gasteiger partial charge on any atom is -0.474 e. The normalized spacial score (nSPS) is 19.6. The Morgan fingerprint density at radius 1 is 1.07 bits per heavy atom. The number of benzene rings is 1. The first-order chi connectivity index (χ1) is 13.8. The molecule has 2 saturated heterocycles. The number of hydrogen-bond acceptors (Lipinski definition) is 6. The molecule has 9 nitrogen and oxygen atoms in total. The highest BCUT2D eigenvalue weighted by molar-refractivity contribution is 7.89. The SMILES string of the molecule is C[C@@H](Oc1ccc(S(=O)(=O)N2CCCC2)cc1[N+](=O)[O-])C(=O)N1CCCCCC1. The molecule has 0 aromatic heterocycles. The van der Waals surface area contributed by atoms with Gasteiger partial charge in [-0.15, -0.1) is 0 Å². The van der Waals surface area contributed by atoms with Crippen LogP contribution in [0.1, 0.15) is 45.4 Å². The van der Waals surface area contributed by atoms with Gasteiger partial charge < -0.3 is 9.64 Å². The fourth-order valence-corrected chi connectivity index (χ4v) is 5.30. The van der Waals surface area contributed by atoms with Crippen molar-refractivity contribution < 1.29 is 22.9 Å². The summed E-state index contributed by atoms with van der Waals surface area (Å²) >= 11 is 0. The molecule has 0 radical (unpaired) electrons. The van der Waals surface area contributed by atoms with Crippen molar-refractivity contribution in [2.75, 3.05) is 26.2 Å². The van der Waals surface area contributed by atoms with E-state index in [4.69, 9.17) is 4.74 Å². The minimum absolute atomic E-state index is 0.106. The van der Waals surface area contributed by atoms with E-state index < -0.39 is 26.7 Å². The molecule has 0 saturated carbocycles. The van der Waals surface area contributed by atoms with Crippen molar-refractivity contribution in [2.24, 2.45) is 0 Å². The molecule has 0 unspecified atom stereocenters. The number of rotatable bonds is 6. The molecule has 0 spiro atoms. The molecule has 1 aromatic rings. The van der Waals surface area contributed by atoms with Gasteiger partial charge in [0.1, 0.15) is 0 Å². The standard InChI is InChI=1S/C19H27N3O6S/c1-15(19(23)20-10-4-2-3-5-11-20)28-18-9-8-16(14-17(18)22(24)25)29(26,27)21-12-6-7-13-21/h8-9,14-15H,2-7,10-13H2,1H3/t15-/m1/s1. The molecule has 2 aliphatic heterocycles. The van der Waals surface area contributed by atoms with Gasteiger partial charge in [-0.1, -0.05) is 12.8 Å². The Morgan fingerprint density at radius 2 is 1.66 bits per heavy atom. The van der Waals surface area contributed by atoms with Crippen LogP contribution in [0.2, 0.25) is 0 Å². The number of carbonyl (C=O) groups excluding carboxylic acids is 1. The Hall–Kier alpha value is -2.20. The predicted octanol–water partition coefficient (Wildman–Crippen LogP) is 2.55. The Kier molecular flexibility index (Phi) is 6.74. The summed E-state index contributed by atoms with van der Waals surface area (Å²) in [5.41, 5.74) is -0.458. The van der Waals surface area contributed by atoms with E-state index in [0.717, 1.165) is 44.6 Å². The maximum atomic E-state index is 12.7. The van der Waals surface area contributed by atoms with Gasteiger partial charge in [0.2, 0.25) is 10.0 Å². The third kappa shape index (κ3) is 4.87. The van der Waals surface area contributed by atoms with Crippen molar-refractivity contribution in [3.63, 3.8) is 0 Å². The topological polar surface area (TPSA) is 110 Å². The number of amides is 1. The lowest BCUT2D eigenvalue weighted by Crippen LogP contribution is -2.41. The summed E-state index contributed by atoms with van der Waals surface area (Å²) < 4.78 is 32.3. The number of carbonyl (C=O) groups is 1. The first-order valence-electron chi connectivity index (χ1n) is 10.0. The number of sulfonamides is 1. The number of ether oxygens (including phenoxy) is 1. The van der Waals surface area contributed by atoms with E-state index in [0.29, 0.717) is 26.2 Å². The summed E-state index contributed by atoms with van der Waals surface area (Å²) in [4.78, 5) is 25.1. The van der Waals surface area contributed by atoms with Crippen LogP contribution in [0.5, 0.6) is 5.75 Å². The fourth-order valence-electron chi connectivity index (χ4n) is 3.77. The quantitative estimate of drug-likeness (QED) is 0.512. The van der Waals surface area contributed by atoms with Crippen LogP contribution in [0.3, 0.4) is 0 Å². The van der Waals surface area contributed by atoms with Crippen LogP contribution < -0.4 is 4.74 Å². The van der Waals surface area contributed by atoms with Gasteiger partial charge in [-0.3, -0.25) is 14.9 Å². The van der Waals surface area contributed by atoms with E-state index in [9.17, 15) is 23.3 Å². The Labute approximate surface area is 170 Å². The highest BCUT2D eigenvalue weighted by atomic mass is 32.2. The maximum Gasteiger partial charge on any atom is 0.312 e. The van der Waals surface area contributed by atoms with E-state index in [2.05, 4.69) is 0 Å². The molecule has 0 bridgehead atoms. The number of hydrogen-bond donors (Lipinski definition) is 0. The lowest BCUT2D eigenvalue weighted by atomic mass is 10.2. The smallest absolute Gasteiger partial charge is 0.312 e. The lowest BCUT2D eigenvalue weighted by Gasteiger charge is -2.24. The van der Waals surface area contributed by atoms with Crippen LogP contribution in [0.15, 0.2) is 23.1 Å². The molecule has 1 atom stereocenters. The largest absolute Gasteiger partial charge is 0.474 e. The molecule has 3 rings (SSSR count). The molecule has 1 aromatic carbocycles. The second-order valence-corrected chi connectivity index (χ2v) is 9.44. The molecule has 2 heterocycles. The summed E-state index contributed by atoms with van der Waals surface area (Å²) in [6, 6.07) is 3.60. The molecule has 2 fully saturated rings. The third-order valence-electron chi connectivity index (χ3n) is 5.40. The van der Waals surface area contributed by atoms with Crippen molar-refractivity contribution in [1.82, 2.24) is 9.21 Å². The molecule has 0 aliphatic carbocycles. The van der Waals surface area contributed by atoms with Crippen molar-refractivity contribution in [3.8, 4) is 5.75 Å². The third-order valence-corrected chi connectivity index (χ3v) is 7.29. The Balaban J connectivity index is 1.80. The van der Waals surface area contributed by atoms with Crippen LogP contribution in [0.4, 0.5) is 5.69 Å². The van der Waals surface area contributed by atoms with Crippen LogP contribution in [0, 0.1) is 10.1 Å². The zero-order chi connectivity index (χ0) is 21.0. The van der Waals surface area contributed by atoms with Crippen molar-refractivity contribution in [3.05, 3.63) is 28.3 Å². The molecular formula is C19H27N3O6S. The molecule has 2 aliphatic rings. The van der Waals surface area contributed by atoms with E-state index in [1.807, 2.05) is 0 Å². The van der Waals surface area contributed by atoms with Crippen molar-refractivity contribution in [2.45, 2.75) is 56.4 Å². The van der Waals surface area contributed by atoms with Gasteiger partial charge in [0.25, 0.3) is 5.91 Å². The lowest BCUT2D eigenvalue weighted by molar-refractivity contribution is -0.386. The monoisotopic (exact) mass is 425 g/mol. The minimum atomic E-state index is -3.78. The predicted molar refractivity (Wildman–Crippen MR) is 106 cm³/mol. The van der Waals surface area contributed by atoms with E-state index in [1.165, 1.54) is 16.4 Å². The summed E-state index contributed by atoms with van der Waals surface area (Å²) in [5, 5.41) is 11.5. The highest BCUT2D eigenvalue weighted by Gasteiger charge is 2.31. The number of likely N-dealkylation sites (tertiary alicyclic amines) is 1. The van der Waals surface area contributed by atoms with Crippen LogP contribution >= 0.6 is 0 Å². The summed E-state index contributed by atoms with van der Waals surface area (Å²) in [6.45, 7) is 3.70. The number of nitrogens with zero attached hydrogens (tertiary/aromatic N) is 3. The van der Waals surface area contributed by atoms with E-state index in [-0.39, 0.29) is 16.6 Å². The van der Waals surface area contributed by atoms with Gasteiger partial charge in [0, 0.05) is 32.2 Å². The van der Waals surface area contributed by atoms with Gasteiger partial charge >= 0.3 is 5.69 Å². The number of nitro benzene ring substituents is 1. The molecular weight excluding hydrogens is 398 g/mol. The molecule has 1 amide bonds. The first-order valence-corrected chi connectivity index (χ1v) is 11.5. The average molecular weight is 426 g/mol. The second-order valence-electron chi connectivity index (χ2n) is 7.50. The van der Waals surface area contributed by atoms with Gasteiger partial charge in [-0.2, -0.15) is 4.31 Å². The molecule has 0 N–H and O–H groups in total. The van der Waals surface area contributed by atoms with Crippen molar-refractivity contribution >= 4 is 21.6 Å². The van der Waals surface area contributed by atoms with Gasteiger partial charge in [0.15, 0.2) is 11.9 Å². The second kappa shape index (κ2) is 9.08. The number of nitro groups is 1. The van der Waals surface area contributed by atoms with Gasteiger partial charge in [-0.05, 0) is 44.7 Å². The van der Waals surface area contributed by atoms with Crippen molar-refractivity contribution in [1.29, 1.82) is 0 Å². The summed E-state index contributed by atoms with van der Waals surface area (Å²) in [5.74, 6) is -0.319. The maximum absolute atomic E-state index is 12.7. The zero-order valence-corrected chi connectivity index (χ0v) is 17.4.